The van der Waals surface area contributed by atoms with E-state index in [1.165, 1.54) is 12.8 Å². The highest BCUT2D eigenvalue weighted by Gasteiger charge is 2.20. The second-order valence-electron chi connectivity index (χ2n) is 2.55. The van der Waals surface area contributed by atoms with Crippen LogP contribution < -0.4 is 5.32 Å². The Morgan fingerprint density at radius 3 is 2.78 bits per heavy atom. The maximum absolute atomic E-state index is 3.74. The van der Waals surface area contributed by atoms with E-state index in [0.29, 0.717) is 0 Å². The summed E-state index contributed by atoms with van der Waals surface area (Å²) < 4.78 is 0. The van der Waals surface area contributed by atoms with Gasteiger partial charge in [-0.1, -0.05) is 13.2 Å². The van der Waals surface area contributed by atoms with E-state index in [1.54, 1.807) is 6.08 Å². The van der Waals surface area contributed by atoms with Crippen molar-refractivity contribution >= 4 is 0 Å². The number of hydrogen-bond acceptors (Lipinski definition) is 1. The third kappa shape index (κ3) is 2.36. The zero-order valence-electron chi connectivity index (χ0n) is 5.69. The van der Waals surface area contributed by atoms with Crippen molar-refractivity contribution < 1.29 is 0 Å². The van der Waals surface area contributed by atoms with Gasteiger partial charge < -0.3 is 5.32 Å². The fraction of sp³-hybridized carbons (Fsp3) is 0.500. The summed E-state index contributed by atoms with van der Waals surface area (Å²) in [7, 11) is 0. The minimum Gasteiger partial charge on any atom is -0.385 e. The van der Waals surface area contributed by atoms with E-state index in [-0.39, 0.29) is 0 Å². The van der Waals surface area contributed by atoms with Gasteiger partial charge >= 0.3 is 0 Å². The Morgan fingerprint density at radius 1 is 1.67 bits per heavy atom. The maximum Gasteiger partial charge on any atom is 0.0261 e. The molecule has 0 amide bonds. The Kier molecular flexibility index (Phi) is 1.93. The third-order valence-corrected chi connectivity index (χ3v) is 1.56. The molecule has 0 radical (unpaired) electrons. The van der Waals surface area contributed by atoms with Crippen molar-refractivity contribution in [2.45, 2.75) is 12.8 Å². The minimum absolute atomic E-state index is 0.918. The van der Waals surface area contributed by atoms with Crippen molar-refractivity contribution in [2.24, 2.45) is 5.92 Å². The van der Waals surface area contributed by atoms with Gasteiger partial charge in [0.2, 0.25) is 0 Å². The molecule has 1 N–H and O–H groups in total. The summed E-state index contributed by atoms with van der Waals surface area (Å²) in [5.74, 6) is 0.918. The SMILES string of the molecule is C=CC(=C)NCC1CC1. The van der Waals surface area contributed by atoms with E-state index in [9.17, 15) is 0 Å². The Bertz CT molecular complexity index is 123. The first-order valence-electron chi connectivity index (χ1n) is 3.38. The monoisotopic (exact) mass is 123 g/mol. The third-order valence-electron chi connectivity index (χ3n) is 1.56. The van der Waals surface area contributed by atoms with E-state index in [2.05, 4.69) is 18.5 Å². The first kappa shape index (κ1) is 6.40. The number of nitrogens with one attached hydrogen (secondary N) is 1. The van der Waals surface area contributed by atoms with Crippen molar-refractivity contribution in [2.75, 3.05) is 6.54 Å². The number of rotatable bonds is 4. The topological polar surface area (TPSA) is 12.0 Å². The summed E-state index contributed by atoms with van der Waals surface area (Å²) >= 11 is 0. The number of hydrogen-bond donors (Lipinski definition) is 1. The van der Waals surface area contributed by atoms with Gasteiger partial charge in [0.1, 0.15) is 0 Å². The standard InChI is InChI=1S/C8H13N/c1-3-7(2)9-6-8-4-5-8/h3,8-9H,1-2,4-6H2. The van der Waals surface area contributed by atoms with Crippen LogP contribution in [0, 0.1) is 5.92 Å². The van der Waals surface area contributed by atoms with Gasteiger partial charge in [-0.2, -0.15) is 0 Å². The van der Waals surface area contributed by atoms with Crippen LogP contribution >= 0.6 is 0 Å². The molecule has 0 atom stereocenters. The molecule has 0 saturated heterocycles. The van der Waals surface area contributed by atoms with E-state index in [0.717, 1.165) is 18.2 Å². The van der Waals surface area contributed by atoms with E-state index in [1.807, 2.05) is 0 Å². The normalized spacial score (nSPS) is 16.9. The van der Waals surface area contributed by atoms with Gasteiger partial charge in [0.25, 0.3) is 0 Å². The lowest BCUT2D eigenvalue weighted by atomic mass is 10.4. The molecule has 1 nitrogen and oxygen atoms in total. The molecule has 50 valence electrons. The van der Waals surface area contributed by atoms with E-state index < -0.39 is 0 Å². The van der Waals surface area contributed by atoms with Crippen LogP contribution in [0.1, 0.15) is 12.8 Å². The van der Waals surface area contributed by atoms with Gasteiger partial charge in [-0.25, -0.2) is 0 Å². The van der Waals surface area contributed by atoms with Crippen LogP contribution in [0.5, 0.6) is 0 Å². The second kappa shape index (κ2) is 2.72. The lowest BCUT2D eigenvalue weighted by Crippen LogP contribution is -2.13. The van der Waals surface area contributed by atoms with Crippen LogP contribution in [0.2, 0.25) is 0 Å². The van der Waals surface area contributed by atoms with Crippen molar-refractivity contribution in [3.8, 4) is 0 Å². The molecular formula is C8H13N. The molecule has 0 aliphatic heterocycles. The summed E-state index contributed by atoms with van der Waals surface area (Å²) in [6, 6.07) is 0. The van der Waals surface area contributed by atoms with Gasteiger partial charge in [-0.05, 0) is 24.8 Å². The Labute approximate surface area is 56.5 Å². The molecule has 0 aromatic carbocycles. The van der Waals surface area contributed by atoms with E-state index in [4.69, 9.17) is 0 Å². The highest BCUT2D eigenvalue weighted by molar-refractivity contribution is 5.08. The molecule has 0 aromatic rings. The van der Waals surface area contributed by atoms with Crippen LogP contribution in [0.3, 0.4) is 0 Å². The van der Waals surface area contributed by atoms with E-state index >= 15 is 0 Å². The lowest BCUT2D eigenvalue weighted by Gasteiger charge is -2.01. The average molecular weight is 123 g/mol. The lowest BCUT2D eigenvalue weighted by molar-refractivity contribution is 0.730. The zero-order valence-corrected chi connectivity index (χ0v) is 5.69. The Hall–Kier alpha value is -0.720. The van der Waals surface area contributed by atoms with Crippen molar-refractivity contribution in [1.82, 2.24) is 5.32 Å². The van der Waals surface area contributed by atoms with Crippen LogP contribution in [-0.4, -0.2) is 6.54 Å². The maximum atomic E-state index is 3.74. The molecular weight excluding hydrogens is 110 g/mol. The second-order valence-corrected chi connectivity index (χ2v) is 2.55. The fourth-order valence-electron chi connectivity index (χ4n) is 0.670. The van der Waals surface area contributed by atoms with Crippen LogP contribution in [0.4, 0.5) is 0 Å². The summed E-state index contributed by atoms with van der Waals surface area (Å²) in [4.78, 5) is 0. The average Bonchev–Trinajstić information content (AvgIpc) is 2.65. The fourth-order valence-corrected chi connectivity index (χ4v) is 0.670. The first-order valence-corrected chi connectivity index (χ1v) is 3.38. The molecule has 1 rings (SSSR count). The molecule has 1 aliphatic rings. The summed E-state index contributed by atoms with van der Waals surface area (Å²) in [6.45, 7) is 8.43. The summed E-state index contributed by atoms with van der Waals surface area (Å²) in [5.41, 5.74) is 0.946. The molecule has 0 bridgehead atoms. The molecule has 9 heavy (non-hydrogen) atoms. The highest BCUT2D eigenvalue weighted by Crippen LogP contribution is 2.27. The summed E-state index contributed by atoms with van der Waals surface area (Å²) in [6.07, 6.45) is 4.53. The van der Waals surface area contributed by atoms with Crippen molar-refractivity contribution in [3.63, 3.8) is 0 Å². The molecule has 0 spiro atoms. The minimum atomic E-state index is 0.918. The summed E-state index contributed by atoms with van der Waals surface area (Å²) in [5, 5.41) is 3.18. The Balaban J connectivity index is 2.02. The molecule has 1 heteroatoms. The molecule has 1 saturated carbocycles. The van der Waals surface area contributed by atoms with Gasteiger partial charge in [0.15, 0.2) is 0 Å². The predicted octanol–water partition coefficient (Wildman–Crippen LogP) is 1.69. The van der Waals surface area contributed by atoms with Gasteiger partial charge in [-0.15, -0.1) is 0 Å². The predicted molar refractivity (Wildman–Crippen MR) is 40.1 cm³/mol. The molecule has 0 aromatic heterocycles. The van der Waals surface area contributed by atoms with Crippen LogP contribution in [-0.2, 0) is 0 Å². The molecule has 1 fully saturated rings. The molecule has 1 aliphatic carbocycles. The zero-order chi connectivity index (χ0) is 6.69. The van der Waals surface area contributed by atoms with Gasteiger partial charge in [0, 0.05) is 12.2 Å². The van der Waals surface area contributed by atoms with Crippen LogP contribution in [0.25, 0.3) is 0 Å². The van der Waals surface area contributed by atoms with Crippen molar-refractivity contribution in [1.29, 1.82) is 0 Å². The quantitative estimate of drug-likeness (QED) is 0.561. The highest BCUT2D eigenvalue weighted by atomic mass is 14.9. The smallest absolute Gasteiger partial charge is 0.0261 e. The largest absolute Gasteiger partial charge is 0.385 e. The van der Waals surface area contributed by atoms with Gasteiger partial charge in [-0.3, -0.25) is 0 Å². The van der Waals surface area contributed by atoms with Crippen LogP contribution in [0.15, 0.2) is 24.9 Å². The van der Waals surface area contributed by atoms with Gasteiger partial charge in [0.05, 0.1) is 0 Å². The first-order chi connectivity index (χ1) is 4.33. The Morgan fingerprint density at radius 2 is 2.33 bits per heavy atom. The molecule has 0 unspecified atom stereocenters. The van der Waals surface area contributed by atoms with Crippen molar-refractivity contribution in [3.05, 3.63) is 24.9 Å². The number of allylic oxidation sites excluding steroid dienone is 1. The molecule has 0 heterocycles.